The Kier molecular flexibility index (Phi) is 23.5. The summed E-state index contributed by atoms with van der Waals surface area (Å²) in [5, 5.41) is 20.4. The molecule has 39 heavy (non-hydrogen) atoms. The van der Waals surface area contributed by atoms with Gasteiger partial charge in [-0.05, 0) is 6.07 Å². The van der Waals surface area contributed by atoms with Crippen LogP contribution in [0.1, 0.15) is 11.8 Å². The minimum Gasteiger partial charge on any atom is -0.796 e. The molecule has 2 N–H and O–H groups in total. The van der Waals surface area contributed by atoms with Crippen molar-refractivity contribution in [1.29, 1.82) is 0 Å². The molecule has 1 aromatic heterocycles. The average Bonchev–Trinajstić information content (AvgIpc) is 2.98. The van der Waals surface area contributed by atoms with Crippen LogP contribution in [0.2, 0.25) is 0 Å². The molecule has 2 unspecified atom stereocenters. The maximum atomic E-state index is 12.5. The Hall–Kier alpha value is 3.79. The first kappa shape index (κ1) is 47.2. The van der Waals surface area contributed by atoms with Gasteiger partial charge in [-0.1, -0.05) is 0 Å². The summed E-state index contributed by atoms with van der Waals surface area (Å²) in [6, 6.07) is 2.40. The van der Waals surface area contributed by atoms with Crippen LogP contribution >= 0.6 is 30.9 Å². The number of ether oxygens (including phenoxy) is 1. The first-order valence-corrected chi connectivity index (χ1v) is 16.8. The van der Waals surface area contributed by atoms with Crippen molar-refractivity contribution >= 4 is 30.9 Å². The van der Waals surface area contributed by atoms with Crippen LogP contribution in [0.25, 0.3) is 0 Å². The molecule has 2 heterocycles. The van der Waals surface area contributed by atoms with Crippen molar-refractivity contribution in [2.75, 3.05) is 32.6 Å². The summed E-state index contributed by atoms with van der Waals surface area (Å²) < 4.78 is 43.8. The van der Waals surface area contributed by atoms with E-state index in [0.29, 0.717) is 0 Å². The number of nitrogens with zero attached hydrogens (tertiary/aromatic N) is 1. The van der Waals surface area contributed by atoms with Crippen LogP contribution in [0.5, 0.6) is 0 Å². The summed E-state index contributed by atoms with van der Waals surface area (Å²) >= 11 is 0. The fourth-order valence-corrected chi connectivity index (χ4v) is 10.3. The van der Waals surface area contributed by atoms with Crippen LogP contribution in [-0.2, 0) is 33.6 Å². The Morgan fingerprint density at radius 2 is 1.56 bits per heavy atom. The number of pyridine rings is 1. The average molecular weight is 673 g/mol. The van der Waals surface area contributed by atoms with Gasteiger partial charge in [0, 0.05) is 17.8 Å². The van der Waals surface area contributed by atoms with E-state index in [0.717, 1.165) is 16.8 Å². The summed E-state index contributed by atoms with van der Waals surface area (Å²) in [5.41, 5.74) is -0.484. The fourth-order valence-electron chi connectivity index (χ4n) is 3.16. The van der Waals surface area contributed by atoms with Gasteiger partial charge < -0.3 is 58.0 Å². The predicted molar refractivity (Wildman–Crippen MR) is 109 cm³/mol. The van der Waals surface area contributed by atoms with E-state index in [1.807, 2.05) is 0 Å². The van der Waals surface area contributed by atoms with Gasteiger partial charge in [-0.25, -0.2) is 9.05 Å². The van der Waals surface area contributed by atoms with E-state index in [4.69, 9.17) is 13.8 Å². The quantitative estimate of drug-likeness (QED) is 0.154. The molecule has 0 bridgehead atoms. The molecular formula is C15H23NNa4O15P4. The Labute approximate surface area is 314 Å². The molecule has 1 aliphatic heterocycles. The van der Waals surface area contributed by atoms with Crippen molar-refractivity contribution < 1.29 is 185 Å². The largest absolute Gasteiger partial charge is 1.00 e. The normalized spacial score (nSPS) is 24.2. The molecule has 24 heteroatoms. The minimum absolute atomic E-state index is 0. The predicted octanol–water partition coefficient (Wildman–Crippen LogP) is -16.6. The second-order valence-corrected chi connectivity index (χ2v) is 16.4. The van der Waals surface area contributed by atoms with Gasteiger partial charge in [-0.2, -0.15) is 7.94 Å². The van der Waals surface area contributed by atoms with Crippen molar-refractivity contribution in [3.05, 3.63) is 34.2 Å². The van der Waals surface area contributed by atoms with Crippen LogP contribution in [0.4, 0.5) is 0 Å². The molecule has 0 radical (unpaired) electrons. The first-order chi connectivity index (χ1) is 15.9. The standard InChI is InChI=1S/C15H27NO15P4.4Na/c1-28-35(27,29-2)7-10-3-4-16(12(17)5-10)15-14(19)13(18)11(31-15)6-30-34(25,26)9-32(20,21)8-33(22,23)24;;;;/h3-5,11,13-15,18-19H,6-9H2,1-2H3,(H,20,21)(H,25,26)(H2,22,23,24);;;;/q;4*+1/p-4/t11-,13-,14-,15-;;;;/m1..../s1. The molecule has 6 atom stereocenters. The van der Waals surface area contributed by atoms with E-state index in [1.165, 1.54) is 20.3 Å². The second kappa shape index (κ2) is 19.5. The maximum absolute atomic E-state index is 12.5. The number of hydrogen-bond donors (Lipinski definition) is 2. The number of aliphatic hydroxyl groups is 2. The van der Waals surface area contributed by atoms with E-state index in [2.05, 4.69) is 4.52 Å². The van der Waals surface area contributed by atoms with Gasteiger partial charge in [0.25, 0.3) is 5.56 Å². The number of aliphatic hydroxyl groups excluding tert-OH is 2. The summed E-state index contributed by atoms with van der Waals surface area (Å²) in [5.74, 6) is -3.67. The monoisotopic (exact) mass is 673 g/mol. The van der Waals surface area contributed by atoms with Crippen molar-refractivity contribution in [3.8, 4) is 0 Å². The van der Waals surface area contributed by atoms with Crippen LogP contribution in [-0.4, -0.2) is 65.7 Å². The van der Waals surface area contributed by atoms with Crippen LogP contribution < -0.4 is 153 Å². The van der Waals surface area contributed by atoms with Gasteiger partial charge in [-0.3, -0.25) is 9.36 Å². The molecule has 0 aliphatic carbocycles. The minimum atomic E-state index is -5.55. The third kappa shape index (κ3) is 15.3. The Balaban J connectivity index is -0.00000324. The second-order valence-electron chi connectivity index (χ2n) is 7.58. The molecule has 16 nitrogen and oxygen atoms in total. The molecule has 0 saturated carbocycles. The topological polar surface area (TPSA) is 272 Å². The Morgan fingerprint density at radius 3 is 2.03 bits per heavy atom. The summed E-state index contributed by atoms with van der Waals surface area (Å²) in [4.78, 5) is 80.1. The zero-order chi connectivity index (χ0) is 26.8. The summed E-state index contributed by atoms with van der Waals surface area (Å²) in [6.07, 6.45) is -5.62. The van der Waals surface area contributed by atoms with Crippen molar-refractivity contribution in [1.82, 2.24) is 4.57 Å². The van der Waals surface area contributed by atoms with E-state index in [9.17, 15) is 53.5 Å². The summed E-state index contributed by atoms with van der Waals surface area (Å²) in [6.45, 7) is -0.986. The smallest absolute Gasteiger partial charge is 0.796 e. The van der Waals surface area contributed by atoms with E-state index in [1.54, 1.807) is 0 Å². The molecule has 1 saturated heterocycles. The zero-order valence-electron chi connectivity index (χ0n) is 22.3. The molecule has 202 valence electrons. The van der Waals surface area contributed by atoms with Gasteiger partial charge in [0.15, 0.2) is 6.23 Å². The van der Waals surface area contributed by atoms with Crippen LogP contribution in [0, 0.1) is 0 Å². The Bertz CT molecular complexity index is 1040. The van der Waals surface area contributed by atoms with Crippen LogP contribution in [0.3, 0.4) is 0 Å². The molecule has 1 aliphatic rings. The molecule has 1 fully saturated rings. The number of hydrogen-bond acceptors (Lipinski definition) is 15. The van der Waals surface area contributed by atoms with Crippen molar-refractivity contribution in [2.45, 2.75) is 30.7 Å². The van der Waals surface area contributed by atoms with Gasteiger partial charge in [0.05, 0.1) is 40.0 Å². The maximum Gasteiger partial charge on any atom is 1.00 e. The Morgan fingerprint density at radius 1 is 1.03 bits per heavy atom. The van der Waals surface area contributed by atoms with Gasteiger partial charge in [0.2, 0.25) is 7.94 Å². The SMILES string of the molecule is CO[P+]([O-])(Cc1ccn([C@@H]2O[C@H](COP(=O)([O-])CP(=O)([O-])C[P+]([O-])([O-])[O-])[C@@H](O)[C@H]2O)c(=O)c1)OC.[Na+].[Na+].[Na+].[Na+]. The molecule has 0 amide bonds. The van der Waals surface area contributed by atoms with Gasteiger partial charge in [0.1, 0.15) is 32.1 Å². The first-order valence-electron chi connectivity index (χ1n) is 9.59. The molecule has 0 spiro atoms. The number of aromatic nitrogens is 1. The van der Waals surface area contributed by atoms with E-state index >= 15 is 0 Å². The van der Waals surface area contributed by atoms with E-state index < -0.39 is 79.4 Å². The number of rotatable bonds is 12. The van der Waals surface area contributed by atoms with Gasteiger partial charge in [-0.15, -0.1) is 0 Å². The third-order valence-corrected chi connectivity index (χ3v) is 13.4. The van der Waals surface area contributed by atoms with E-state index in [-0.39, 0.29) is 130 Å². The summed E-state index contributed by atoms with van der Waals surface area (Å²) in [7, 11) is -17.1. The fraction of sp³-hybridized carbons (Fsp3) is 0.667. The zero-order valence-corrected chi connectivity index (χ0v) is 33.9. The van der Waals surface area contributed by atoms with Gasteiger partial charge >= 0.3 is 118 Å². The molecule has 2 rings (SSSR count). The molecular weight excluding hydrogens is 650 g/mol. The third-order valence-electron chi connectivity index (χ3n) is 4.77. The molecule has 1 aromatic rings. The van der Waals surface area contributed by atoms with Crippen molar-refractivity contribution in [3.63, 3.8) is 0 Å². The van der Waals surface area contributed by atoms with Crippen LogP contribution in [0.15, 0.2) is 23.1 Å². The molecule has 0 aromatic carbocycles. The van der Waals surface area contributed by atoms with Crippen molar-refractivity contribution in [2.24, 2.45) is 0 Å².